The molecular weight excluding hydrogens is 356 g/mol. The summed E-state index contributed by atoms with van der Waals surface area (Å²) in [7, 11) is -3.82. The molecule has 5 rings (SSSR count). The van der Waals surface area contributed by atoms with Gasteiger partial charge in [-0.1, -0.05) is 0 Å². The van der Waals surface area contributed by atoms with Crippen LogP contribution < -0.4 is 19.5 Å². The molecule has 0 radical (unpaired) electrons. The fourth-order valence-electron chi connectivity index (χ4n) is 3.66. The van der Waals surface area contributed by atoms with E-state index >= 15 is 0 Å². The highest BCUT2D eigenvalue weighted by Crippen LogP contribution is 2.45. The van der Waals surface area contributed by atoms with Gasteiger partial charge in [0.2, 0.25) is 5.91 Å². The van der Waals surface area contributed by atoms with Gasteiger partial charge in [0.1, 0.15) is 11.5 Å². The summed E-state index contributed by atoms with van der Waals surface area (Å²) in [4.78, 5) is 11.6. The van der Waals surface area contributed by atoms with E-state index in [1.807, 2.05) is 6.07 Å². The number of ether oxygens (including phenoxy) is 2. The molecule has 26 heavy (non-hydrogen) atoms. The first-order valence-electron chi connectivity index (χ1n) is 8.41. The number of sulfonamides is 1. The first-order chi connectivity index (χ1) is 12.5. The minimum Gasteiger partial charge on any atom is -0.493 e. The van der Waals surface area contributed by atoms with E-state index in [1.165, 1.54) is 12.1 Å². The monoisotopic (exact) mass is 372 g/mol. The average molecular weight is 372 g/mol. The second-order valence-corrected chi connectivity index (χ2v) is 8.25. The molecule has 0 fully saturated rings. The summed E-state index contributed by atoms with van der Waals surface area (Å²) in [6, 6.07) is 6.59. The highest BCUT2D eigenvalue weighted by molar-refractivity contribution is 7.92. The van der Waals surface area contributed by atoms with Crippen LogP contribution in [0.2, 0.25) is 0 Å². The zero-order chi connectivity index (χ0) is 17.9. The van der Waals surface area contributed by atoms with Crippen molar-refractivity contribution < 1.29 is 22.7 Å². The van der Waals surface area contributed by atoms with Gasteiger partial charge in [-0.25, -0.2) is 8.42 Å². The molecule has 3 aliphatic rings. The summed E-state index contributed by atoms with van der Waals surface area (Å²) >= 11 is 0. The predicted octanol–water partition coefficient (Wildman–Crippen LogP) is 1.85. The molecule has 0 unspecified atom stereocenters. The maximum absolute atomic E-state index is 13.0. The van der Waals surface area contributed by atoms with E-state index in [9.17, 15) is 13.2 Å². The lowest BCUT2D eigenvalue weighted by Crippen LogP contribution is -2.15. The molecule has 0 saturated carbocycles. The van der Waals surface area contributed by atoms with Crippen molar-refractivity contribution in [3.8, 4) is 11.5 Å². The van der Waals surface area contributed by atoms with Crippen molar-refractivity contribution in [2.75, 3.05) is 23.3 Å². The molecule has 3 aliphatic heterocycles. The lowest BCUT2D eigenvalue weighted by atomic mass is 10.0. The summed E-state index contributed by atoms with van der Waals surface area (Å²) in [5.41, 5.74) is 3.59. The molecule has 2 aromatic carbocycles. The van der Waals surface area contributed by atoms with Gasteiger partial charge in [0.25, 0.3) is 10.0 Å². The number of anilines is 2. The van der Waals surface area contributed by atoms with Crippen LogP contribution in [0, 0.1) is 0 Å². The Morgan fingerprint density at radius 3 is 2.77 bits per heavy atom. The molecule has 8 heteroatoms. The molecule has 0 aromatic heterocycles. The van der Waals surface area contributed by atoms with E-state index in [0.717, 1.165) is 23.3 Å². The summed E-state index contributed by atoms with van der Waals surface area (Å²) in [5, 5.41) is 2.70. The van der Waals surface area contributed by atoms with E-state index in [2.05, 4.69) is 10.0 Å². The van der Waals surface area contributed by atoms with Crippen LogP contribution in [-0.4, -0.2) is 27.5 Å². The minimum atomic E-state index is -3.82. The van der Waals surface area contributed by atoms with Crippen molar-refractivity contribution in [2.45, 2.75) is 24.2 Å². The van der Waals surface area contributed by atoms with E-state index in [1.54, 1.807) is 6.07 Å². The zero-order valence-electron chi connectivity index (χ0n) is 13.8. The second kappa shape index (κ2) is 5.38. The highest BCUT2D eigenvalue weighted by atomic mass is 32.2. The van der Waals surface area contributed by atoms with Crippen LogP contribution >= 0.6 is 0 Å². The summed E-state index contributed by atoms with van der Waals surface area (Å²) in [6.45, 7) is 1.05. The van der Waals surface area contributed by atoms with Crippen molar-refractivity contribution in [1.82, 2.24) is 0 Å². The number of benzene rings is 2. The Bertz CT molecular complexity index is 1030. The lowest BCUT2D eigenvalue weighted by Gasteiger charge is -2.15. The number of fused-ring (bicyclic) bond motifs is 3. The van der Waals surface area contributed by atoms with E-state index in [-0.39, 0.29) is 17.2 Å². The van der Waals surface area contributed by atoms with Gasteiger partial charge in [0, 0.05) is 29.7 Å². The van der Waals surface area contributed by atoms with Gasteiger partial charge in [0.05, 0.1) is 30.2 Å². The normalized spacial score (nSPS) is 17.0. The standard InChI is InChI=1S/C18H16N2O5S/c21-16-9-11-7-12(1-2-14(11)19-16)26(22,23)20-17-13-4-6-24-15(13)8-10-3-5-25-18(10)17/h1-2,7-8,20H,3-6,9H2,(H,19,21). The molecule has 2 N–H and O–H groups in total. The van der Waals surface area contributed by atoms with Crippen LogP contribution in [0.15, 0.2) is 29.2 Å². The first kappa shape index (κ1) is 15.5. The van der Waals surface area contributed by atoms with Crippen molar-refractivity contribution >= 4 is 27.3 Å². The van der Waals surface area contributed by atoms with E-state index in [0.29, 0.717) is 42.3 Å². The quantitative estimate of drug-likeness (QED) is 0.858. The Balaban J connectivity index is 1.56. The smallest absolute Gasteiger partial charge is 0.262 e. The van der Waals surface area contributed by atoms with Gasteiger partial charge < -0.3 is 14.8 Å². The van der Waals surface area contributed by atoms with Crippen molar-refractivity contribution in [2.24, 2.45) is 0 Å². The van der Waals surface area contributed by atoms with Gasteiger partial charge in [-0.2, -0.15) is 0 Å². The third kappa shape index (κ3) is 2.33. The predicted molar refractivity (Wildman–Crippen MR) is 94.4 cm³/mol. The molecule has 3 heterocycles. The van der Waals surface area contributed by atoms with Crippen molar-refractivity contribution in [3.63, 3.8) is 0 Å². The number of rotatable bonds is 3. The summed E-state index contributed by atoms with van der Waals surface area (Å²) < 4.78 is 39.9. The van der Waals surface area contributed by atoms with Crippen LogP contribution in [-0.2, 0) is 34.1 Å². The topological polar surface area (TPSA) is 93.7 Å². The molecule has 0 saturated heterocycles. The Morgan fingerprint density at radius 2 is 1.88 bits per heavy atom. The number of carbonyl (C=O) groups excluding carboxylic acids is 1. The lowest BCUT2D eigenvalue weighted by molar-refractivity contribution is -0.115. The third-order valence-electron chi connectivity index (χ3n) is 4.90. The molecular formula is C18H16N2O5S. The number of nitrogens with one attached hydrogen (secondary N) is 2. The average Bonchev–Trinajstić information content (AvgIpc) is 3.31. The molecule has 0 bridgehead atoms. The Kier molecular flexibility index (Phi) is 3.21. The van der Waals surface area contributed by atoms with Crippen molar-refractivity contribution in [3.05, 3.63) is 41.0 Å². The maximum atomic E-state index is 13.0. The van der Waals surface area contributed by atoms with Crippen LogP contribution in [0.3, 0.4) is 0 Å². The summed E-state index contributed by atoms with van der Waals surface area (Å²) in [5.74, 6) is 1.18. The second-order valence-electron chi connectivity index (χ2n) is 6.56. The molecule has 134 valence electrons. The molecule has 1 amide bonds. The van der Waals surface area contributed by atoms with Gasteiger partial charge in [-0.05, 0) is 29.8 Å². The van der Waals surface area contributed by atoms with E-state index in [4.69, 9.17) is 9.47 Å². The molecule has 0 aliphatic carbocycles. The Hall–Kier alpha value is -2.74. The molecule has 0 spiro atoms. The Labute approximate surface area is 150 Å². The van der Waals surface area contributed by atoms with Gasteiger partial charge >= 0.3 is 0 Å². The molecule has 0 atom stereocenters. The zero-order valence-corrected chi connectivity index (χ0v) is 14.6. The van der Waals surface area contributed by atoms with Gasteiger partial charge in [-0.15, -0.1) is 0 Å². The highest BCUT2D eigenvalue weighted by Gasteiger charge is 2.30. The maximum Gasteiger partial charge on any atom is 0.262 e. The van der Waals surface area contributed by atoms with Crippen LogP contribution in [0.25, 0.3) is 0 Å². The number of amides is 1. The van der Waals surface area contributed by atoms with Gasteiger partial charge in [0.15, 0.2) is 0 Å². The largest absolute Gasteiger partial charge is 0.493 e. The third-order valence-corrected chi connectivity index (χ3v) is 6.25. The van der Waals surface area contributed by atoms with Crippen molar-refractivity contribution in [1.29, 1.82) is 0 Å². The minimum absolute atomic E-state index is 0.121. The number of hydrogen-bond acceptors (Lipinski definition) is 5. The fraction of sp³-hybridized carbons (Fsp3) is 0.278. The number of carbonyl (C=O) groups is 1. The van der Waals surface area contributed by atoms with E-state index < -0.39 is 10.0 Å². The fourth-order valence-corrected chi connectivity index (χ4v) is 4.81. The van der Waals surface area contributed by atoms with Crippen LogP contribution in [0.5, 0.6) is 11.5 Å². The van der Waals surface area contributed by atoms with Crippen LogP contribution in [0.4, 0.5) is 11.4 Å². The number of hydrogen-bond donors (Lipinski definition) is 2. The molecule has 7 nitrogen and oxygen atoms in total. The van der Waals surface area contributed by atoms with Gasteiger partial charge in [-0.3, -0.25) is 9.52 Å². The SMILES string of the molecule is O=C1Cc2cc(S(=O)(=O)Nc3c4c(cc5c3OCC5)OCC4)ccc2N1. The summed E-state index contributed by atoms with van der Waals surface area (Å²) in [6.07, 6.45) is 1.55. The Morgan fingerprint density at radius 1 is 1.04 bits per heavy atom. The first-order valence-corrected chi connectivity index (χ1v) is 9.89. The van der Waals surface area contributed by atoms with Crippen LogP contribution in [0.1, 0.15) is 16.7 Å². The molecule has 2 aromatic rings.